The summed E-state index contributed by atoms with van der Waals surface area (Å²) in [5.41, 5.74) is -1.22. The van der Waals surface area contributed by atoms with Crippen molar-refractivity contribution >= 4 is 12.4 Å². The van der Waals surface area contributed by atoms with Crippen LogP contribution in [0.2, 0.25) is 0 Å². The summed E-state index contributed by atoms with van der Waals surface area (Å²) in [4.78, 5) is 24.2. The molecule has 1 saturated heterocycles. The molecule has 0 saturated carbocycles. The first-order valence-corrected chi connectivity index (χ1v) is 6.27. The van der Waals surface area contributed by atoms with Gasteiger partial charge in [0.25, 0.3) is 0 Å². The second-order valence-corrected chi connectivity index (χ2v) is 6.01. The summed E-state index contributed by atoms with van der Waals surface area (Å²) in [5.74, 6) is 0. The minimum atomic E-state index is -0.685. The van der Waals surface area contributed by atoms with Crippen LogP contribution < -0.4 is 0 Å². The van der Waals surface area contributed by atoms with E-state index in [9.17, 15) is 9.59 Å². The maximum atomic E-state index is 12.2. The largest absolute Gasteiger partial charge is 0.444 e. The molecule has 0 bridgehead atoms. The lowest BCUT2D eigenvalue weighted by atomic mass is 10.1. The van der Waals surface area contributed by atoms with E-state index in [-0.39, 0.29) is 12.1 Å². The van der Waals surface area contributed by atoms with Crippen molar-refractivity contribution in [2.75, 3.05) is 6.61 Å². The first-order chi connectivity index (χ1) is 8.17. The summed E-state index contributed by atoms with van der Waals surface area (Å²) in [6.45, 7) is 9.59. The molecule has 0 spiro atoms. The maximum absolute atomic E-state index is 12.2. The van der Waals surface area contributed by atoms with Gasteiger partial charge in [-0.25, -0.2) is 4.79 Å². The highest BCUT2D eigenvalue weighted by Crippen LogP contribution is 2.31. The molecule has 0 N–H and O–H groups in total. The molecule has 0 aliphatic carbocycles. The van der Waals surface area contributed by atoms with Crippen molar-refractivity contribution in [3.63, 3.8) is 0 Å². The Labute approximate surface area is 108 Å². The van der Waals surface area contributed by atoms with Gasteiger partial charge in [0.05, 0.1) is 12.6 Å². The van der Waals surface area contributed by atoms with Crippen LogP contribution in [0.1, 0.15) is 47.5 Å². The van der Waals surface area contributed by atoms with Crippen molar-refractivity contribution in [1.29, 1.82) is 0 Å². The number of ether oxygens (including phenoxy) is 2. The normalized spacial score (nSPS) is 22.9. The van der Waals surface area contributed by atoms with Gasteiger partial charge < -0.3 is 14.3 Å². The van der Waals surface area contributed by atoms with Crippen LogP contribution >= 0.6 is 0 Å². The van der Waals surface area contributed by atoms with Gasteiger partial charge in [0.1, 0.15) is 17.6 Å². The molecule has 1 aliphatic heterocycles. The van der Waals surface area contributed by atoms with Gasteiger partial charge in [-0.1, -0.05) is 0 Å². The highest BCUT2D eigenvalue weighted by Gasteiger charge is 2.45. The fourth-order valence-electron chi connectivity index (χ4n) is 2.04. The van der Waals surface area contributed by atoms with Crippen LogP contribution in [0.25, 0.3) is 0 Å². The van der Waals surface area contributed by atoms with E-state index in [1.807, 2.05) is 34.6 Å². The van der Waals surface area contributed by atoms with Gasteiger partial charge in [-0.05, 0) is 41.0 Å². The van der Waals surface area contributed by atoms with Crippen LogP contribution in [0, 0.1) is 0 Å². The summed E-state index contributed by atoms with van der Waals surface area (Å²) in [6, 6.07) is -0.0972. The molecule has 5 heteroatoms. The fraction of sp³-hybridized carbons (Fsp3) is 0.846. The van der Waals surface area contributed by atoms with Crippen LogP contribution in [0.4, 0.5) is 4.79 Å². The average Bonchev–Trinajstić information content (AvgIpc) is 2.48. The SMILES string of the molecule is CC(C)(C)OC(=O)N1C(CCC=O)COC1(C)C. The van der Waals surface area contributed by atoms with Gasteiger partial charge in [-0.2, -0.15) is 0 Å². The molecule has 5 nitrogen and oxygen atoms in total. The molecule has 1 aliphatic rings. The Morgan fingerprint density at radius 3 is 2.61 bits per heavy atom. The zero-order chi connectivity index (χ0) is 14.0. The highest BCUT2D eigenvalue weighted by molar-refractivity contribution is 5.69. The average molecular weight is 257 g/mol. The third kappa shape index (κ3) is 3.70. The van der Waals surface area contributed by atoms with Crippen molar-refractivity contribution in [2.45, 2.75) is 64.8 Å². The first-order valence-electron chi connectivity index (χ1n) is 6.27. The predicted molar refractivity (Wildman–Crippen MR) is 67.2 cm³/mol. The second kappa shape index (κ2) is 5.26. The molecular weight excluding hydrogens is 234 g/mol. The van der Waals surface area contributed by atoms with E-state index in [1.54, 1.807) is 4.90 Å². The molecule has 0 aromatic carbocycles. The van der Waals surface area contributed by atoms with Gasteiger partial charge >= 0.3 is 6.09 Å². The Morgan fingerprint density at radius 2 is 2.11 bits per heavy atom. The lowest BCUT2D eigenvalue weighted by Gasteiger charge is -2.35. The van der Waals surface area contributed by atoms with Gasteiger partial charge in [0.2, 0.25) is 0 Å². The quantitative estimate of drug-likeness (QED) is 0.728. The minimum Gasteiger partial charge on any atom is -0.444 e. The Hall–Kier alpha value is -1.10. The summed E-state index contributed by atoms with van der Waals surface area (Å²) < 4.78 is 11.0. The van der Waals surface area contributed by atoms with E-state index in [0.717, 1.165) is 6.29 Å². The maximum Gasteiger partial charge on any atom is 0.412 e. The number of amides is 1. The summed E-state index contributed by atoms with van der Waals surface area (Å²) in [7, 11) is 0. The van der Waals surface area contributed by atoms with Crippen LogP contribution in [-0.4, -0.2) is 41.3 Å². The van der Waals surface area contributed by atoms with E-state index >= 15 is 0 Å². The van der Waals surface area contributed by atoms with Crippen molar-refractivity contribution in [3.8, 4) is 0 Å². The number of carbonyl (C=O) groups excluding carboxylic acids is 2. The van der Waals surface area contributed by atoms with Gasteiger partial charge in [0.15, 0.2) is 0 Å². The molecule has 1 rings (SSSR count). The van der Waals surface area contributed by atoms with E-state index < -0.39 is 11.3 Å². The number of aldehydes is 1. The third-order valence-electron chi connectivity index (χ3n) is 2.78. The Bertz CT molecular complexity index is 319. The van der Waals surface area contributed by atoms with Gasteiger partial charge in [0, 0.05) is 6.42 Å². The molecule has 1 atom stereocenters. The fourth-order valence-corrected chi connectivity index (χ4v) is 2.04. The van der Waals surface area contributed by atoms with Crippen molar-refractivity contribution in [2.24, 2.45) is 0 Å². The number of carbonyl (C=O) groups is 2. The van der Waals surface area contributed by atoms with Crippen LogP contribution in [0.5, 0.6) is 0 Å². The zero-order valence-corrected chi connectivity index (χ0v) is 11.9. The highest BCUT2D eigenvalue weighted by atomic mass is 16.6. The Morgan fingerprint density at radius 1 is 1.50 bits per heavy atom. The lowest BCUT2D eigenvalue weighted by molar-refractivity contribution is -0.108. The van der Waals surface area contributed by atoms with Crippen LogP contribution in [0.15, 0.2) is 0 Å². The van der Waals surface area contributed by atoms with E-state index in [2.05, 4.69) is 0 Å². The molecule has 1 heterocycles. The third-order valence-corrected chi connectivity index (χ3v) is 2.78. The van der Waals surface area contributed by atoms with Crippen molar-refractivity contribution in [1.82, 2.24) is 4.90 Å². The molecule has 104 valence electrons. The van der Waals surface area contributed by atoms with Crippen molar-refractivity contribution < 1.29 is 19.1 Å². The molecular formula is C13H23NO4. The zero-order valence-electron chi connectivity index (χ0n) is 11.9. The van der Waals surface area contributed by atoms with Crippen LogP contribution in [-0.2, 0) is 14.3 Å². The number of hydrogen-bond donors (Lipinski definition) is 0. The number of hydrogen-bond acceptors (Lipinski definition) is 4. The predicted octanol–water partition coefficient (Wildman–Crippen LogP) is 2.34. The minimum absolute atomic E-state index is 0.0972. The number of rotatable bonds is 3. The lowest BCUT2D eigenvalue weighted by Crippen LogP contribution is -2.49. The molecule has 0 aromatic heterocycles. The van der Waals surface area contributed by atoms with Crippen LogP contribution in [0.3, 0.4) is 0 Å². The Kier molecular flexibility index (Phi) is 4.37. The summed E-state index contributed by atoms with van der Waals surface area (Å²) in [5, 5.41) is 0. The first kappa shape index (κ1) is 15.0. The van der Waals surface area contributed by atoms with E-state index in [1.165, 1.54) is 0 Å². The smallest absolute Gasteiger partial charge is 0.412 e. The molecule has 1 amide bonds. The Balaban J connectivity index is 2.78. The molecule has 18 heavy (non-hydrogen) atoms. The molecule has 0 aromatic rings. The van der Waals surface area contributed by atoms with Crippen molar-refractivity contribution in [3.05, 3.63) is 0 Å². The molecule has 1 unspecified atom stereocenters. The number of nitrogens with zero attached hydrogens (tertiary/aromatic N) is 1. The van der Waals surface area contributed by atoms with Gasteiger partial charge in [-0.3, -0.25) is 4.90 Å². The molecule has 0 radical (unpaired) electrons. The second-order valence-electron chi connectivity index (χ2n) is 6.01. The van der Waals surface area contributed by atoms with Gasteiger partial charge in [-0.15, -0.1) is 0 Å². The van der Waals surface area contributed by atoms with E-state index in [0.29, 0.717) is 19.4 Å². The standard InChI is InChI=1S/C13H23NO4/c1-12(2,3)18-11(16)14-10(7-6-8-15)9-17-13(14,4)5/h8,10H,6-7,9H2,1-5H3. The molecule has 1 fully saturated rings. The van der Waals surface area contributed by atoms with E-state index in [4.69, 9.17) is 9.47 Å². The summed E-state index contributed by atoms with van der Waals surface area (Å²) in [6.07, 6.45) is 1.50. The monoisotopic (exact) mass is 257 g/mol. The summed E-state index contributed by atoms with van der Waals surface area (Å²) >= 11 is 0. The topological polar surface area (TPSA) is 55.8 Å².